The van der Waals surface area contributed by atoms with Crippen LogP contribution >= 0.6 is 0 Å². The minimum Gasteiger partial charge on any atom is -0.481 e. The molecule has 2 rings (SSSR count). The summed E-state index contributed by atoms with van der Waals surface area (Å²) in [7, 11) is 0. The minimum absolute atomic E-state index is 0.265. The van der Waals surface area contributed by atoms with E-state index in [1.165, 1.54) is 12.8 Å². The molecule has 6 nitrogen and oxygen atoms in total. The van der Waals surface area contributed by atoms with Crippen molar-refractivity contribution in [3.8, 4) is 0 Å². The first-order valence-corrected chi connectivity index (χ1v) is 7.35. The molecule has 0 bridgehead atoms. The smallest absolute Gasteiger partial charge is 0.306 e. The third kappa shape index (κ3) is 4.59. The van der Waals surface area contributed by atoms with Crippen molar-refractivity contribution >= 4 is 5.97 Å². The third-order valence-corrected chi connectivity index (χ3v) is 3.72. The maximum atomic E-state index is 10.7. The van der Waals surface area contributed by atoms with E-state index in [9.17, 15) is 4.79 Å². The van der Waals surface area contributed by atoms with Gasteiger partial charge in [-0.15, -0.1) is 0 Å². The molecular weight excluding hydrogens is 258 g/mol. The largest absolute Gasteiger partial charge is 0.481 e. The highest BCUT2D eigenvalue weighted by Crippen LogP contribution is 2.38. The second kappa shape index (κ2) is 6.83. The summed E-state index contributed by atoms with van der Waals surface area (Å²) < 4.78 is 5.19. The summed E-state index contributed by atoms with van der Waals surface area (Å²) >= 11 is 0. The van der Waals surface area contributed by atoms with Crippen molar-refractivity contribution in [3.05, 3.63) is 11.7 Å². The van der Waals surface area contributed by atoms with Crippen LogP contribution in [0.4, 0.5) is 0 Å². The van der Waals surface area contributed by atoms with Gasteiger partial charge in [-0.2, -0.15) is 4.98 Å². The van der Waals surface area contributed by atoms with Gasteiger partial charge in [-0.1, -0.05) is 18.5 Å². The fourth-order valence-electron chi connectivity index (χ4n) is 2.06. The highest BCUT2D eigenvalue weighted by atomic mass is 16.5. The molecule has 0 aliphatic heterocycles. The number of aromatic nitrogens is 2. The van der Waals surface area contributed by atoms with E-state index in [1.807, 2.05) is 0 Å². The van der Waals surface area contributed by atoms with Crippen LogP contribution in [-0.2, 0) is 11.3 Å². The van der Waals surface area contributed by atoms with Gasteiger partial charge in [-0.05, 0) is 32.6 Å². The van der Waals surface area contributed by atoms with E-state index < -0.39 is 5.97 Å². The molecule has 1 aromatic heterocycles. The van der Waals surface area contributed by atoms with E-state index >= 15 is 0 Å². The van der Waals surface area contributed by atoms with Gasteiger partial charge in [0.15, 0.2) is 5.82 Å². The van der Waals surface area contributed by atoms with Crippen LogP contribution in [0.2, 0.25) is 0 Å². The molecular formula is C14H23N3O3. The molecule has 0 amide bonds. The monoisotopic (exact) mass is 281 g/mol. The lowest BCUT2D eigenvalue weighted by Gasteiger charge is -2.13. The Balaban J connectivity index is 1.61. The van der Waals surface area contributed by atoms with Crippen LogP contribution in [0.5, 0.6) is 0 Å². The zero-order valence-corrected chi connectivity index (χ0v) is 12.1. The van der Waals surface area contributed by atoms with Crippen molar-refractivity contribution in [3.63, 3.8) is 0 Å². The van der Waals surface area contributed by atoms with E-state index in [0.29, 0.717) is 30.8 Å². The van der Waals surface area contributed by atoms with Gasteiger partial charge < -0.3 is 14.9 Å². The lowest BCUT2D eigenvalue weighted by Crippen LogP contribution is -2.25. The van der Waals surface area contributed by atoms with E-state index in [1.54, 1.807) is 6.92 Å². The maximum Gasteiger partial charge on any atom is 0.306 e. The van der Waals surface area contributed by atoms with Crippen LogP contribution in [0.3, 0.4) is 0 Å². The molecule has 0 spiro atoms. The number of hydrogen-bond acceptors (Lipinski definition) is 5. The quantitative estimate of drug-likeness (QED) is 0.722. The van der Waals surface area contributed by atoms with Crippen LogP contribution in [0.1, 0.15) is 63.6 Å². The molecule has 20 heavy (non-hydrogen) atoms. The van der Waals surface area contributed by atoms with Crippen LogP contribution in [0.25, 0.3) is 0 Å². The molecule has 0 saturated heterocycles. The van der Waals surface area contributed by atoms with Crippen molar-refractivity contribution < 1.29 is 14.4 Å². The molecule has 1 fully saturated rings. The Kier molecular flexibility index (Phi) is 5.11. The number of nitrogens with zero attached hydrogens (tertiary/aromatic N) is 2. The fourth-order valence-corrected chi connectivity index (χ4v) is 2.06. The summed E-state index contributed by atoms with van der Waals surface area (Å²) in [5, 5.41) is 16.1. The Morgan fingerprint density at radius 3 is 2.85 bits per heavy atom. The SMILES string of the molecule is CC(CCCC(C)C(=O)O)NCc1nc(C2CC2)no1. The molecule has 2 unspecified atom stereocenters. The van der Waals surface area contributed by atoms with E-state index in [0.717, 1.165) is 18.7 Å². The number of rotatable bonds is 9. The van der Waals surface area contributed by atoms with Gasteiger partial charge in [0.1, 0.15) is 0 Å². The van der Waals surface area contributed by atoms with Crippen molar-refractivity contribution in [1.82, 2.24) is 15.5 Å². The van der Waals surface area contributed by atoms with Gasteiger partial charge in [0.2, 0.25) is 5.89 Å². The molecule has 6 heteroatoms. The lowest BCUT2D eigenvalue weighted by molar-refractivity contribution is -0.141. The van der Waals surface area contributed by atoms with Crippen LogP contribution in [-0.4, -0.2) is 27.3 Å². The number of carboxylic acids is 1. The first kappa shape index (κ1) is 15.0. The average molecular weight is 281 g/mol. The normalized spacial score (nSPS) is 17.9. The topological polar surface area (TPSA) is 88.2 Å². The van der Waals surface area contributed by atoms with Crippen molar-refractivity contribution in [2.45, 2.75) is 64.5 Å². The Bertz CT molecular complexity index is 443. The molecule has 0 aromatic carbocycles. The predicted octanol–water partition coefficient (Wildman–Crippen LogP) is 2.32. The highest BCUT2D eigenvalue weighted by molar-refractivity contribution is 5.69. The summed E-state index contributed by atoms with van der Waals surface area (Å²) in [6.45, 7) is 4.41. The van der Waals surface area contributed by atoms with Crippen LogP contribution in [0, 0.1) is 5.92 Å². The summed E-state index contributed by atoms with van der Waals surface area (Å²) in [6, 6.07) is 0.312. The number of aliphatic carboxylic acids is 1. The Hall–Kier alpha value is -1.43. The zero-order chi connectivity index (χ0) is 14.5. The Labute approximate surface area is 118 Å². The first-order valence-electron chi connectivity index (χ1n) is 7.35. The predicted molar refractivity (Wildman–Crippen MR) is 73.2 cm³/mol. The Morgan fingerprint density at radius 1 is 1.45 bits per heavy atom. The van der Waals surface area contributed by atoms with Crippen molar-refractivity contribution in [2.24, 2.45) is 5.92 Å². The zero-order valence-electron chi connectivity index (χ0n) is 12.1. The van der Waals surface area contributed by atoms with E-state index in [2.05, 4.69) is 22.4 Å². The van der Waals surface area contributed by atoms with Gasteiger partial charge in [0.05, 0.1) is 12.5 Å². The van der Waals surface area contributed by atoms with Crippen molar-refractivity contribution in [1.29, 1.82) is 0 Å². The fraction of sp³-hybridized carbons (Fsp3) is 0.786. The van der Waals surface area contributed by atoms with Gasteiger partial charge in [-0.3, -0.25) is 4.79 Å². The molecule has 2 atom stereocenters. The summed E-state index contributed by atoms with van der Waals surface area (Å²) in [6.07, 6.45) is 4.91. The molecule has 0 radical (unpaired) electrons. The second-order valence-electron chi connectivity index (χ2n) is 5.77. The minimum atomic E-state index is -0.718. The standard InChI is InChI=1S/C14H23N3O3/c1-9(14(18)19)4-3-5-10(2)15-8-12-16-13(17-20-12)11-6-7-11/h9-11,15H,3-8H2,1-2H3,(H,18,19). The molecule has 1 heterocycles. The van der Waals surface area contributed by atoms with Crippen LogP contribution < -0.4 is 5.32 Å². The first-order chi connectivity index (χ1) is 9.56. The van der Waals surface area contributed by atoms with Crippen molar-refractivity contribution in [2.75, 3.05) is 0 Å². The molecule has 1 aromatic rings. The molecule has 2 N–H and O–H groups in total. The molecule has 112 valence electrons. The third-order valence-electron chi connectivity index (χ3n) is 3.72. The molecule has 1 saturated carbocycles. The van der Waals surface area contributed by atoms with E-state index in [4.69, 9.17) is 9.63 Å². The highest BCUT2D eigenvalue weighted by Gasteiger charge is 2.28. The second-order valence-corrected chi connectivity index (χ2v) is 5.77. The number of nitrogens with one attached hydrogen (secondary N) is 1. The number of carboxylic acid groups (broad SMARTS) is 1. The molecule has 1 aliphatic rings. The van der Waals surface area contributed by atoms with Gasteiger partial charge >= 0.3 is 5.97 Å². The maximum absolute atomic E-state index is 10.7. The van der Waals surface area contributed by atoms with Crippen LogP contribution in [0.15, 0.2) is 4.52 Å². The van der Waals surface area contributed by atoms with E-state index in [-0.39, 0.29) is 5.92 Å². The Morgan fingerprint density at radius 2 is 2.20 bits per heavy atom. The van der Waals surface area contributed by atoms with Gasteiger partial charge in [-0.25, -0.2) is 0 Å². The summed E-state index contributed by atoms with van der Waals surface area (Å²) in [5.74, 6) is 1.01. The summed E-state index contributed by atoms with van der Waals surface area (Å²) in [5.41, 5.74) is 0. The summed E-state index contributed by atoms with van der Waals surface area (Å²) in [4.78, 5) is 15.1. The average Bonchev–Trinajstić information content (AvgIpc) is 3.15. The van der Waals surface area contributed by atoms with Gasteiger partial charge in [0, 0.05) is 12.0 Å². The lowest BCUT2D eigenvalue weighted by atomic mass is 10.0. The number of carbonyl (C=O) groups is 1. The van der Waals surface area contributed by atoms with Gasteiger partial charge in [0.25, 0.3) is 0 Å². The molecule has 1 aliphatic carbocycles. The number of hydrogen-bond donors (Lipinski definition) is 2.